The lowest BCUT2D eigenvalue weighted by atomic mass is 10.2. The smallest absolute Gasteiger partial charge is 0.272 e. The molecule has 2 aromatic rings. The molecule has 1 aliphatic heterocycles. The van der Waals surface area contributed by atoms with Gasteiger partial charge in [0.05, 0.1) is 12.5 Å². The highest BCUT2D eigenvalue weighted by Crippen LogP contribution is 2.14. The Hall–Kier alpha value is -1.63. The van der Waals surface area contributed by atoms with E-state index in [1.807, 2.05) is 4.90 Å². The van der Waals surface area contributed by atoms with E-state index >= 15 is 0 Å². The van der Waals surface area contributed by atoms with E-state index in [9.17, 15) is 9.18 Å². The summed E-state index contributed by atoms with van der Waals surface area (Å²) in [6, 6.07) is 6.29. The average Bonchev–Trinajstić information content (AvgIpc) is 2.96. The summed E-state index contributed by atoms with van der Waals surface area (Å²) in [5.74, 6) is -0.354. The molecule has 1 unspecified atom stereocenters. The van der Waals surface area contributed by atoms with Crippen LogP contribution in [0.25, 0.3) is 5.69 Å². The van der Waals surface area contributed by atoms with Crippen LogP contribution in [-0.2, 0) is 0 Å². The van der Waals surface area contributed by atoms with Crippen molar-refractivity contribution in [3.05, 3.63) is 48.3 Å². The molecular formula is C15H19Cl2FN4O. The molecule has 1 fully saturated rings. The number of nitrogens with one attached hydrogen (secondary N) is 1. The Labute approximate surface area is 146 Å². The number of benzene rings is 1. The van der Waals surface area contributed by atoms with Gasteiger partial charge >= 0.3 is 0 Å². The van der Waals surface area contributed by atoms with Gasteiger partial charge in [-0.1, -0.05) is 0 Å². The van der Waals surface area contributed by atoms with E-state index in [2.05, 4.69) is 17.2 Å². The van der Waals surface area contributed by atoms with Crippen LogP contribution in [0.1, 0.15) is 17.4 Å². The summed E-state index contributed by atoms with van der Waals surface area (Å²) in [6.07, 6.45) is 3.13. The topological polar surface area (TPSA) is 50.2 Å². The molecule has 0 radical (unpaired) electrons. The molecule has 1 aromatic heterocycles. The first-order chi connectivity index (χ1) is 10.1. The van der Waals surface area contributed by atoms with Crippen LogP contribution >= 0.6 is 24.8 Å². The van der Waals surface area contributed by atoms with Gasteiger partial charge in [-0.25, -0.2) is 9.37 Å². The third-order valence-electron chi connectivity index (χ3n) is 3.62. The maximum Gasteiger partial charge on any atom is 0.272 e. The van der Waals surface area contributed by atoms with Crippen molar-refractivity contribution in [3.8, 4) is 5.69 Å². The van der Waals surface area contributed by atoms with E-state index < -0.39 is 0 Å². The van der Waals surface area contributed by atoms with E-state index in [4.69, 9.17) is 0 Å². The monoisotopic (exact) mass is 360 g/mol. The van der Waals surface area contributed by atoms with Crippen LogP contribution < -0.4 is 5.32 Å². The molecule has 1 aliphatic rings. The lowest BCUT2D eigenvalue weighted by molar-refractivity contribution is 0.0701. The first kappa shape index (κ1) is 19.4. The van der Waals surface area contributed by atoms with E-state index in [1.54, 1.807) is 29.2 Å². The van der Waals surface area contributed by atoms with Crippen molar-refractivity contribution in [1.29, 1.82) is 0 Å². The molecule has 0 bridgehead atoms. The van der Waals surface area contributed by atoms with Crippen LogP contribution in [0.5, 0.6) is 0 Å². The zero-order chi connectivity index (χ0) is 14.8. The molecule has 0 spiro atoms. The van der Waals surface area contributed by atoms with Crippen molar-refractivity contribution in [2.75, 3.05) is 19.6 Å². The van der Waals surface area contributed by atoms with Crippen LogP contribution in [-0.4, -0.2) is 46.0 Å². The second-order valence-electron chi connectivity index (χ2n) is 5.23. The standard InChI is InChI=1S/C15H17FN4O.2ClH/c1-11-9-19(7-6-18-11)15(21)14-8-17-10-20(14)13-4-2-12(16)3-5-13;;/h2-5,8,10-11,18H,6-7,9H2,1H3;2*1H. The van der Waals surface area contributed by atoms with Gasteiger partial charge in [0.1, 0.15) is 11.5 Å². The third kappa shape index (κ3) is 4.22. The molecule has 5 nitrogen and oxygen atoms in total. The molecule has 8 heteroatoms. The van der Waals surface area contributed by atoms with Crippen LogP contribution in [0.3, 0.4) is 0 Å². The van der Waals surface area contributed by atoms with E-state index in [1.165, 1.54) is 12.1 Å². The second-order valence-corrected chi connectivity index (χ2v) is 5.23. The van der Waals surface area contributed by atoms with Crippen molar-refractivity contribution >= 4 is 30.7 Å². The lowest BCUT2D eigenvalue weighted by Gasteiger charge is -2.31. The first-order valence-electron chi connectivity index (χ1n) is 6.96. The number of carbonyl (C=O) groups is 1. The maximum atomic E-state index is 13.0. The molecule has 2 heterocycles. The second kappa shape index (κ2) is 8.29. The quantitative estimate of drug-likeness (QED) is 0.893. The minimum atomic E-state index is -0.303. The Kier molecular flexibility index (Phi) is 7.00. The van der Waals surface area contributed by atoms with Crippen LogP contribution in [0.4, 0.5) is 4.39 Å². The summed E-state index contributed by atoms with van der Waals surface area (Å²) in [4.78, 5) is 18.5. The number of hydrogen-bond acceptors (Lipinski definition) is 3. The van der Waals surface area contributed by atoms with Gasteiger partial charge in [0, 0.05) is 31.4 Å². The van der Waals surface area contributed by atoms with Gasteiger partial charge in [-0.2, -0.15) is 0 Å². The molecule has 1 saturated heterocycles. The largest absolute Gasteiger partial charge is 0.334 e. The van der Waals surface area contributed by atoms with Crippen molar-refractivity contribution < 1.29 is 9.18 Å². The summed E-state index contributed by atoms with van der Waals surface area (Å²) < 4.78 is 14.7. The molecule has 1 N–H and O–H groups in total. The summed E-state index contributed by atoms with van der Waals surface area (Å²) in [5, 5.41) is 3.31. The lowest BCUT2D eigenvalue weighted by Crippen LogP contribution is -2.51. The SMILES string of the molecule is CC1CN(C(=O)c2cncn2-c2ccc(F)cc2)CCN1.Cl.Cl. The Morgan fingerprint density at radius 2 is 2.00 bits per heavy atom. The molecule has 3 rings (SSSR count). The maximum absolute atomic E-state index is 13.0. The number of piperazine rings is 1. The van der Waals surface area contributed by atoms with Crippen molar-refractivity contribution in [3.63, 3.8) is 0 Å². The fourth-order valence-corrected chi connectivity index (χ4v) is 2.54. The molecular weight excluding hydrogens is 342 g/mol. The molecule has 1 atom stereocenters. The Bertz CT molecular complexity index is 647. The fourth-order valence-electron chi connectivity index (χ4n) is 2.54. The normalized spacial score (nSPS) is 17.1. The van der Waals surface area contributed by atoms with Gasteiger partial charge < -0.3 is 10.2 Å². The number of hydrogen-bond donors (Lipinski definition) is 1. The van der Waals surface area contributed by atoms with Gasteiger partial charge in [0.15, 0.2) is 0 Å². The molecule has 0 saturated carbocycles. The van der Waals surface area contributed by atoms with Crippen LogP contribution in [0, 0.1) is 5.82 Å². The van der Waals surface area contributed by atoms with Crippen LogP contribution in [0.15, 0.2) is 36.8 Å². The summed E-state index contributed by atoms with van der Waals surface area (Å²) >= 11 is 0. The van der Waals surface area contributed by atoms with Gasteiger partial charge in [0.25, 0.3) is 5.91 Å². The van der Waals surface area contributed by atoms with Crippen molar-refractivity contribution in [1.82, 2.24) is 19.8 Å². The van der Waals surface area contributed by atoms with Crippen LogP contribution in [0.2, 0.25) is 0 Å². The summed E-state index contributed by atoms with van der Waals surface area (Å²) in [5.41, 5.74) is 1.22. The fraction of sp³-hybridized carbons (Fsp3) is 0.333. The summed E-state index contributed by atoms with van der Waals surface area (Å²) in [6.45, 7) is 4.19. The minimum absolute atomic E-state index is 0. The Morgan fingerprint density at radius 3 is 2.65 bits per heavy atom. The number of halogens is 3. The first-order valence-corrected chi connectivity index (χ1v) is 6.96. The highest BCUT2D eigenvalue weighted by Gasteiger charge is 2.24. The number of rotatable bonds is 2. The highest BCUT2D eigenvalue weighted by molar-refractivity contribution is 5.93. The number of carbonyl (C=O) groups excluding carboxylic acids is 1. The zero-order valence-electron chi connectivity index (χ0n) is 12.6. The highest BCUT2D eigenvalue weighted by atomic mass is 35.5. The molecule has 1 amide bonds. The zero-order valence-corrected chi connectivity index (χ0v) is 14.2. The number of aromatic nitrogens is 2. The minimum Gasteiger partial charge on any atom is -0.334 e. The summed E-state index contributed by atoms with van der Waals surface area (Å²) in [7, 11) is 0. The van der Waals surface area contributed by atoms with Crippen molar-refractivity contribution in [2.24, 2.45) is 0 Å². The van der Waals surface area contributed by atoms with E-state index in [0.717, 1.165) is 12.2 Å². The Balaban J connectivity index is 0.00000132. The van der Waals surface area contributed by atoms with Gasteiger partial charge in [-0.05, 0) is 31.2 Å². The van der Waals surface area contributed by atoms with Gasteiger partial charge in [-0.3, -0.25) is 9.36 Å². The molecule has 126 valence electrons. The average molecular weight is 361 g/mol. The third-order valence-corrected chi connectivity index (χ3v) is 3.62. The van der Waals surface area contributed by atoms with Crippen molar-refractivity contribution in [2.45, 2.75) is 13.0 Å². The van der Waals surface area contributed by atoms with Gasteiger partial charge in [-0.15, -0.1) is 24.8 Å². The number of imidazole rings is 1. The Morgan fingerprint density at radius 1 is 1.30 bits per heavy atom. The van der Waals surface area contributed by atoms with E-state index in [-0.39, 0.29) is 42.6 Å². The molecule has 0 aliphatic carbocycles. The predicted molar refractivity (Wildman–Crippen MR) is 91.4 cm³/mol. The molecule has 1 aromatic carbocycles. The number of nitrogens with zero attached hydrogens (tertiary/aromatic N) is 3. The van der Waals surface area contributed by atoms with Gasteiger partial charge in [0.2, 0.25) is 0 Å². The number of amides is 1. The van der Waals surface area contributed by atoms with E-state index in [0.29, 0.717) is 18.8 Å². The molecule has 23 heavy (non-hydrogen) atoms. The predicted octanol–water partition coefficient (Wildman–Crippen LogP) is 2.29.